The summed E-state index contributed by atoms with van der Waals surface area (Å²) in [5, 5.41) is 3.02. The van der Waals surface area contributed by atoms with E-state index in [1.807, 2.05) is 32.1 Å². The van der Waals surface area contributed by atoms with Gasteiger partial charge < -0.3 is 14.8 Å². The van der Waals surface area contributed by atoms with Crippen LogP contribution in [-0.2, 0) is 0 Å². The molecule has 1 heterocycles. The summed E-state index contributed by atoms with van der Waals surface area (Å²) in [5.74, 6) is 0.177. The summed E-state index contributed by atoms with van der Waals surface area (Å²) < 4.78 is 46.3. The lowest BCUT2D eigenvalue weighted by molar-refractivity contribution is -0.274. The molecule has 0 aromatic heterocycles. The molecule has 3 nitrogen and oxygen atoms in total. The van der Waals surface area contributed by atoms with Gasteiger partial charge >= 0.3 is 6.36 Å². The van der Waals surface area contributed by atoms with Crippen LogP contribution < -0.4 is 14.8 Å². The average molecular weight is 311 g/mol. The number of hydrogen-bond acceptors (Lipinski definition) is 3. The highest BCUT2D eigenvalue weighted by Gasteiger charge is 2.32. The quantitative estimate of drug-likeness (QED) is 0.811. The standard InChI is InChI=1S/C16H16F3NO2/c1-4-5-11(8-10(2)3)15-20-13-9-12(22-16(17,18)19)6-7-14(13)21-15/h4-9,15,20H,2H2,1,3H3/b5-4-,11-8+. The first kappa shape index (κ1) is 16.0. The summed E-state index contributed by atoms with van der Waals surface area (Å²) in [5.41, 5.74) is 2.11. The van der Waals surface area contributed by atoms with E-state index >= 15 is 0 Å². The van der Waals surface area contributed by atoms with Gasteiger partial charge in [0.1, 0.15) is 11.5 Å². The molecule has 1 N–H and O–H groups in total. The molecule has 22 heavy (non-hydrogen) atoms. The highest BCUT2D eigenvalue weighted by atomic mass is 19.4. The first-order chi connectivity index (χ1) is 10.3. The van der Waals surface area contributed by atoms with Crippen LogP contribution in [0.15, 0.2) is 54.2 Å². The molecule has 0 radical (unpaired) electrons. The van der Waals surface area contributed by atoms with Crippen molar-refractivity contribution >= 4 is 5.69 Å². The fourth-order valence-electron chi connectivity index (χ4n) is 2.06. The van der Waals surface area contributed by atoms with Gasteiger partial charge in [-0.25, -0.2) is 0 Å². The van der Waals surface area contributed by atoms with E-state index in [2.05, 4.69) is 16.6 Å². The second-order valence-electron chi connectivity index (χ2n) is 4.84. The molecular formula is C16H16F3NO2. The average Bonchev–Trinajstić information content (AvgIpc) is 2.78. The Balaban J connectivity index is 2.21. The minimum Gasteiger partial charge on any atom is -0.464 e. The molecule has 1 unspecified atom stereocenters. The summed E-state index contributed by atoms with van der Waals surface area (Å²) in [6.45, 7) is 7.53. The molecule has 0 saturated heterocycles. The second-order valence-corrected chi connectivity index (χ2v) is 4.84. The lowest BCUT2D eigenvalue weighted by atomic mass is 10.1. The summed E-state index contributed by atoms with van der Waals surface area (Å²) in [6, 6.07) is 3.92. The minimum absolute atomic E-state index is 0.292. The maximum atomic E-state index is 12.2. The van der Waals surface area contributed by atoms with E-state index in [1.54, 1.807) is 0 Å². The van der Waals surface area contributed by atoms with Crippen LogP contribution >= 0.6 is 0 Å². The zero-order valence-corrected chi connectivity index (χ0v) is 12.2. The number of ether oxygens (including phenoxy) is 2. The minimum atomic E-state index is -4.72. The van der Waals surface area contributed by atoms with E-state index in [0.29, 0.717) is 11.4 Å². The number of anilines is 1. The predicted molar refractivity (Wildman–Crippen MR) is 78.9 cm³/mol. The number of rotatable bonds is 4. The molecular weight excluding hydrogens is 295 g/mol. The van der Waals surface area contributed by atoms with E-state index in [1.165, 1.54) is 18.2 Å². The Bertz CT molecular complexity index is 633. The van der Waals surface area contributed by atoms with Crippen molar-refractivity contribution in [1.82, 2.24) is 0 Å². The largest absolute Gasteiger partial charge is 0.573 e. The van der Waals surface area contributed by atoms with Crippen LogP contribution in [0.3, 0.4) is 0 Å². The Morgan fingerprint density at radius 1 is 1.41 bits per heavy atom. The summed E-state index contributed by atoms with van der Waals surface area (Å²) in [4.78, 5) is 0. The van der Waals surface area contributed by atoms with Crippen molar-refractivity contribution < 1.29 is 22.6 Å². The van der Waals surface area contributed by atoms with Crippen molar-refractivity contribution in [2.45, 2.75) is 26.4 Å². The molecule has 2 rings (SSSR count). The van der Waals surface area contributed by atoms with Gasteiger partial charge in [-0.1, -0.05) is 30.4 Å². The van der Waals surface area contributed by atoms with Crippen molar-refractivity contribution in [3.8, 4) is 11.5 Å². The second kappa shape index (κ2) is 6.17. The van der Waals surface area contributed by atoms with Crippen LogP contribution in [-0.4, -0.2) is 12.6 Å². The van der Waals surface area contributed by atoms with Gasteiger partial charge in [0, 0.05) is 11.6 Å². The van der Waals surface area contributed by atoms with Gasteiger partial charge in [0.2, 0.25) is 0 Å². The van der Waals surface area contributed by atoms with Crippen molar-refractivity contribution in [2.75, 3.05) is 5.32 Å². The van der Waals surface area contributed by atoms with Crippen molar-refractivity contribution in [1.29, 1.82) is 0 Å². The van der Waals surface area contributed by atoms with Gasteiger partial charge in [-0.2, -0.15) is 0 Å². The maximum Gasteiger partial charge on any atom is 0.573 e. The number of allylic oxidation sites excluding steroid dienone is 3. The van der Waals surface area contributed by atoms with E-state index in [-0.39, 0.29) is 5.75 Å². The first-order valence-electron chi connectivity index (χ1n) is 6.61. The Morgan fingerprint density at radius 2 is 2.14 bits per heavy atom. The third-order valence-corrected chi connectivity index (χ3v) is 2.79. The topological polar surface area (TPSA) is 30.5 Å². The lowest BCUT2D eigenvalue weighted by Crippen LogP contribution is -2.22. The van der Waals surface area contributed by atoms with Crippen LogP contribution in [0.5, 0.6) is 11.5 Å². The highest BCUT2D eigenvalue weighted by Crippen LogP contribution is 2.38. The number of nitrogens with one attached hydrogen (secondary N) is 1. The van der Waals surface area contributed by atoms with Gasteiger partial charge in [-0.05, 0) is 26.0 Å². The molecule has 1 aliphatic heterocycles. The van der Waals surface area contributed by atoms with E-state index in [9.17, 15) is 13.2 Å². The lowest BCUT2D eigenvalue weighted by Gasteiger charge is -2.13. The highest BCUT2D eigenvalue weighted by molar-refractivity contribution is 5.64. The van der Waals surface area contributed by atoms with Crippen LogP contribution in [0, 0.1) is 0 Å². The fraction of sp³-hybridized carbons (Fsp3) is 0.250. The zero-order valence-electron chi connectivity index (χ0n) is 12.2. The Morgan fingerprint density at radius 3 is 2.73 bits per heavy atom. The molecule has 0 amide bonds. The van der Waals surface area contributed by atoms with Crippen LogP contribution in [0.1, 0.15) is 13.8 Å². The summed E-state index contributed by atoms with van der Waals surface area (Å²) in [6.07, 6.45) is 0.343. The zero-order chi connectivity index (χ0) is 16.3. The molecule has 1 aromatic rings. The van der Waals surface area contributed by atoms with Crippen LogP contribution in [0.2, 0.25) is 0 Å². The van der Waals surface area contributed by atoms with Gasteiger partial charge in [-0.15, -0.1) is 13.2 Å². The fourth-order valence-corrected chi connectivity index (χ4v) is 2.06. The molecule has 1 aromatic carbocycles. The monoisotopic (exact) mass is 311 g/mol. The molecule has 1 atom stereocenters. The normalized spacial score (nSPS) is 17.9. The Kier molecular flexibility index (Phi) is 4.49. The molecule has 0 spiro atoms. The van der Waals surface area contributed by atoms with E-state index in [4.69, 9.17) is 4.74 Å². The first-order valence-corrected chi connectivity index (χ1v) is 6.61. The molecule has 118 valence electrons. The number of alkyl halides is 3. The number of fused-ring (bicyclic) bond motifs is 1. The third-order valence-electron chi connectivity index (χ3n) is 2.79. The molecule has 0 bridgehead atoms. The van der Waals surface area contributed by atoms with Crippen molar-refractivity contribution in [3.05, 3.63) is 54.2 Å². The van der Waals surface area contributed by atoms with E-state index < -0.39 is 12.6 Å². The number of benzene rings is 1. The van der Waals surface area contributed by atoms with E-state index in [0.717, 1.165) is 11.1 Å². The van der Waals surface area contributed by atoms with Crippen LogP contribution in [0.25, 0.3) is 0 Å². The van der Waals surface area contributed by atoms with Gasteiger partial charge in [0.25, 0.3) is 0 Å². The van der Waals surface area contributed by atoms with Crippen molar-refractivity contribution in [3.63, 3.8) is 0 Å². The SMILES string of the molecule is C=C(C)/C=C(\C=C/C)C1Nc2cc(OC(F)(F)F)ccc2O1. The third kappa shape index (κ3) is 4.07. The van der Waals surface area contributed by atoms with Crippen LogP contribution in [0.4, 0.5) is 18.9 Å². The van der Waals surface area contributed by atoms with Gasteiger partial charge in [0.15, 0.2) is 6.23 Å². The summed E-state index contributed by atoms with van der Waals surface area (Å²) >= 11 is 0. The van der Waals surface area contributed by atoms with Gasteiger partial charge in [-0.3, -0.25) is 0 Å². The number of halogens is 3. The number of hydrogen-bond donors (Lipinski definition) is 1. The van der Waals surface area contributed by atoms with Gasteiger partial charge in [0.05, 0.1) is 5.69 Å². The summed E-state index contributed by atoms with van der Waals surface area (Å²) in [7, 11) is 0. The molecule has 0 saturated carbocycles. The molecule has 6 heteroatoms. The molecule has 0 aliphatic carbocycles. The maximum absolute atomic E-state index is 12.2. The molecule has 0 fully saturated rings. The van der Waals surface area contributed by atoms with Crippen molar-refractivity contribution in [2.24, 2.45) is 0 Å². The Hall–Kier alpha value is -2.37. The predicted octanol–water partition coefficient (Wildman–Crippen LogP) is 4.79. The smallest absolute Gasteiger partial charge is 0.464 e. The Labute approximate surface area is 126 Å². The molecule has 1 aliphatic rings.